The van der Waals surface area contributed by atoms with Crippen LogP contribution < -0.4 is 4.74 Å². The molecule has 1 aromatic rings. The van der Waals surface area contributed by atoms with E-state index >= 15 is 0 Å². The second-order valence-corrected chi connectivity index (χ2v) is 4.95. The van der Waals surface area contributed by atoms with E-state index in [4.69, 9.17) is 4.74 Å². The third kappa shape index (κ3) is 3.26. The number of hydrogen-bond donors (Lipinski definition) is 0. The number of carbonyl (C=O) groups excluding carboxylic acids is 1. The lowest BCUT2D eigenvalue weighted by Gasteiger charge is -2.23. The summed E-state index contributed by atoms with van der Waals surface area (Å²) in [4.78, 5) is 20.8. The minimum Gasteiger partial charge on any atom is -0.475 e. The Bertz CT molecular complexity index is 394. The van der Waals surface area contributed by atoms with Crippen LogP contribution in [-0.4, -0.2) is 46.9 Å². The van der Waals surface area contributed by atoms with E-state index in [2.05, 4.69) is 28.7 Å². The van der Waals surface area contributed by atoms with Crippen molar-refractivity contribution < 1.29 is 9.53 Å². The maximum Gasteiger partial charge on any atom is 0.232 e. The summed E-state index contributed by atoms with van der Waals surface area (Å²) in [7, 11) is 0. The van der Waals surface area contributed by atoms with Gasteiger partial charge in [-0.25, -0.2) is 9.97 Å². The molecule has 2 rings (SSSR count). The largest absolute Gasteiger partial charge is 0.475 e. The molecule has 0 bridgehead atoms. The molecule has 0 aliphatic carbocycles. The predicted octanol–water partition coefficient (Wildman–Crippen LogP) is 1.40. The van der Waals surface area contributed by atoms with Gasteiger partial charge < -0.3 is 4.74 Å². The fraction of sp³-hybridized carbons (Fsp3) is 0.615. The van der Waals surface area contributed by atoms with Crippen LogP contribution in [0.4, 0.5) is 0 Å². The SMILES string of the molecule is CC1CCN(C(C)COc2cnc(C=O)cn2)C1. The van der Waals surface area contributed by atoms with Crippen LogP contribution in [0.25, 0.3) is 0 Å². The third-order valence-corrected chi connectivity index (χ3v) is 3.32. The lowest BCUT2D eigenvalue weighted by molar-refractivity contribution is 0.111. The van der Waals surface area contributed by atoms with E-state index in [1.54, 1.807) is 0 Å². The molecular formula is C13H19N3O2. The van der Waals surface area contributed by atoms with E-state index in [1.807, 2.05) is 0 Å². The Kier molecular flexibility index (Phi) is 4.25. The van der Waals surface area contributed by atoms with Crippen molar-refractivity contribution in [2.24, 2.45) is 5.92 Å². The Hall–Kier alpha value is -1.49. The van der Waals surface area contributed by atoms with Gasteiger partial charge in [-0.05, 0) is 25.8 Å². The molecule has 0 saturated carbocycles. The maximum atomic E-state index is 10.4. The molecule has 1 aliphatic heterocycles. The fourth-order valence-corrected chi connectivity index (χ4v) is 2.14. The zero-order chi connectivity index (χ0) is 13.0. The zero-order valence-corrected chi connectivity index (χ0v) is 10.9. The molecule has 18 heavy (non-hydrogen) atoms. The predicted molar refractivity (Wildman–Crippen MR) is 67.7 cm³/mol. The first kappa shape index (κ1) is 13.0. The average Bonchev–Trinajstić information content (AvgIpc) is 2.83. The van der Waals surface area contributed by atoms with Gasteiger partial charge in [-0.3, -0.25) is 9.69 Å². The summed E-state index contributed by atoms with van der Waals surface area (Å²) in [5, 5.41) is 0. The first-order chi connectivity index (χ1) is 8.69. The highest BCUT2D eigenvalue weighted by Crippen LogP contribution is 2.18. The molecule has 1 fully saturated rings. The molecule has 2 atom stereocenters. The van der Waals surface area contributed by atoms with Crippen LogP contribution in [-0.2, 0) is 0 Å². The maximum absolute atomic E-state index is 10.4. The van der Waals surface area contributed by atoms with E-state index < -0.39 is 0 Å². The number of aldehydes is 1. The molecule has 2 unspecified atom stereocenters. The standard InChI is InChI=1S/C13H19N3O2/c1-10-3-4-16(7-10)11(2)9-18-13-6-14-12(8-17)5-15-13/h5-6,8,10-11H,3-4,7,9H2,1-2H3. The van der Waals surface area contributed by atoms with Gasteiger partial charge in [0, 0.05) is 12.6 Å². The van der Waals surface area contributed by atoms with Gasteiger partial charge in [0.15, 0.2) is 6.29 Å². The summed E-state index contributed by atoms with van der Waals surface area (Å²) < 4.78 is 5.58. The minimum atomic E-state index is 0.323. The van der Waals surface area contributed by atoms with Crippen molar-refractivity contribution in [3.63, 3.8) is 0 Å². The first-order valence-corrected chi connectivity index (χ1v) is 6.33. The molecular weight excluding hydrogens is 230 g/mol. The number of nitrogens with zero attached hydrogens (tertiary/aromatic N) is 3. The number of hydrogen-bond acceptors (Lipinski definition) is 5. The van der Waals surface area contributed by atoms with E-state index in [1.165, 1.54) is 18.8 Å². The summed E-state index contributed by atoms with van der Waals surface area (Å²) >= 11 is 0. The Morgan fingerprint density at radius 3 is 2.94 bits per heavy atom. The lowest BCUT2D eigenvalue weighted by Crippen LogP contribution is -2.35. The molecule has 0 radical (unpaired) electrons. The van der Waals surface area contributed by atoms with Gasteiger partial charge in [-0.1, -0.05) is 6.92 Å². The molecule has 0 spiro atoms. The number of likely N-dealkylation sites (tertiary alicyclic amines) is 1. The van der Waals surface area contributed by atoms with Crippen molar-refractivity contribution in [2.75, 3.05) is 19.7 Å². The van der Waals surface area contributed by atoms with E-state index in [0.29, 0.717) is 30.5 Å². The van der Waals surface area contributed by atoms with Crippen LogP contribution >= 0.6 is 0 Å². The van der Waals surface area contributed by atoms with Crippen LogP contribution in [0.3, 0.4) is 0 Å². The second kappa shape index (κ2) is 5.91. The molecule has 1 saturated heterocycles. The summed E-state index contributed by atoms with van der Waals surface area (Å²) in [6.07, 6.45) is 4.84. The molecule has 0 amide bonds. The van der Waals surface area contributed by atoms with Crippen LogP contribution in [0.2, 0.25) is 0 Å². The van der Waals surface area contributed by atoms with Crippen molar-refractivity contribution >= 4 is 6.29 Å². The Balaban J connectivity index is 1.81. The van der Waals surface area contributed by atoms with Crippen LogP contribution in [0.15, 0.2) is 12.4 Å². The van der Waals surface area contributed by atoms with Gasteiger partial charge in [-0.2, -0.15) is 0 Å². The van der Waals surface area contributed by atoms with Crippen molar-refractivity contribution in [3.8, 4) is 5.88 Å². The molecule has 98 valence electrons. The van der Waals surface area contributed by atoms with Gasteiger partial charge in [0.2, 0.25) is 5.88 Å². The van der Waals surface area contributed by atoms with Crippen molar-refractivity contribution in [3.05, 3.63) is 18.1 Å². The van der Waals surface area contributed by atoms with Crippen molar-refractivity contribution in [1.29, 1.82) is 0 Å². The van der Waals surface area contributed by atoms with Gasteiger partial charge in [-0.15, -0.1) is 0 Å². The van der Waals surface area contributed by atoms with Gasteiger partial charge >= 0.3 is 0 Å². The number of rotatable bonds is 5. The number of ether oxygens (including phenoxy) is 1. The first-order valence-electron chi connectivity index (χ1n) is 6.33. The smallest absolute Gasteiger partial charge is 0.232 e. The van der Waals surface area contributed by atoms with Gasteiger partial charge in [0.25, 0.3) is 0 Å². The van der Waals surface area contributed by atoms with E-state index in [9.17, 15) is 4.79 Å². The Morgan fingerprint density at radius 2 is 2.39 bits per heavy atom. The molecule has 2 heterocycles. The van der Waals surface area contributed by atoms with Crippen LogP contribution in [0.1, 0.15) is 30.8 Å². The van der Waals surface area contributed by atoms with Crippen LogP contribution in [0.5, 0.6) is 5.88 Å². The second-order valence-electron chi connectivity index (χ2n) is 4.95. The van der Waals surface area contributed by atoms with Gasteiger partial charge in [0.05, 0.1) is 12.4 Å². The highest BCUT2D eigenvalue weighted by molar-refractivity contribution is 5.70. The summed E-state index contributed by atoms with van der Waals surface area (Å²) in [6, 6.07) is 0.377. The van der Waals surface area contributed by atoms with E-state index in [0.717, 1.165) is 19.0 Å². The normalized spacial score (nSPS) is 21.8. The van der Waals surface area contributed by atoms with E-state index in [-0.39, 0.29) is 0 Å². The highest BCUT2D eigenvalue weighted by Gasteiger charge is 2.23. The average molecular weight is 249 g/mol. The quantitative estimate of drug-likeness (QED) is 0.738. The summed E-state index contributed by atoms with van der Waals surface area (Å²) in [6.45, 7) is 7.31. The van der Waals surface area contributed by atoms with Crippen molar-refractivity contribution in [1.82, 2.24) is 14.9 Å². The molecule has 0 aromatic carbocycles. The van der Waals surface area contributed by atoms with Crippen LogP contribution in [0, 0.1) is 5.92 Å². The zero-order valence-electron chi connectivity index (χ0n) is 10.9. The summed E-state index contributed by atoms with van der Waals surface area (Å²) in [5.74, 6) is 1.25. The fourth-order valence-electron chi connectivity index (χ4n) is 2.14. The molecule has 5 nitrogen and oxygen atoms in total. The molecule has 1 aliphatic rings. The van der Waals surface area contributed by atoms with Gasteiger partial charge in [0.1, 0.15) is 12.3 Å². The minimum absolute atomic E-state index is 0.323. The molecule has 0 N–H and O–H groups in total. The highest BCUT2D eigenvalue weighted by atomic mass is 16.5. The van der Waals surface area contributed by atoms with Crippen molar-refractivity contribution in [2.45, 2.75) is 26.3 Å². The number of aromatic nitrogens is 2. The number of carbonyl (C=O) groups is 1. The molecule has 5 heteroatoms. The topological polar surface area (TPSA) is 55.3 Å². The molecule has 1 aromatic heterocycles. The lowest BCUT2D eigenvalue weighted by atomic mass is 10.2. The third-order valence-electron chi connectivity index (χ3n) is 3.32. The summed E-state index contributed by atoms with van der Waals surface area (Å²) in [5.41, 5.74) is 0.323. The Morgan fingerprint density at radius 1 is 1.56 bits per heavy atom. The Labute approximate surface area is 107 Å². The monoisotopic (exact) mass is 249 g/mol.